The number of nitrogens with one attached hydrogen (secondary N) is 1. The van der Waals surface area contributed by atoms with Gasteiger partial charge in [-0.1, -0.05) is 0 Å². The lowest BCUT2D eigenvalue weighted by molar-refractivity contribution is -0.143. The van der Waals surface area contributed by atoms with Gasteiger partial charge < -0.3 is 19.9 Å². The van der Waals surface area contributed by atoms with Crippen molar-refractivity contribution >= 4 is 12.1 Å². The average molecular weight is 405 g/mol. The van der Waals surface area contributed by atoms with Gasteiger partial charge in [-0.2, -0.15) is 13.2 Å². The van der Waals surface area contributed by atoms with Crippen LogP contribution in [0.4, 0.5) is 18.0 Å². The number of hydrogen-bond acceptors (Lipinski definition) is 6. The van der Waals surface area contributed by atoms with Crippen molar-refractivity contribution in [3.8, 4) is 0 Å². The molecule has 3 heterocycles. The van der Waals surface area contributed by atoms with Crippen molar-refractivity contribution in [1.29, 1.82) is 0 Å². The van der Waals surface area contributed by atoms with Gasteiger partial charge in [-0.05, 0) is 39.7 Å². The van der Waals surface area contributed by atoms with E-state index in [1.807, 2.05) is 20.8 Å². The van der Waals surface area contributed by atoms with Crippen LogP contribution in [-0.4, -0.2) is 96.9 Å². The van der Waals surface area contributed by atoms with Gasteiger partial charge in [0, 0.05) is 32.7 Å². The fourth-order valence-corrected chi connectivity index (χ4v) is 3.94. The van der Waals surface area contributed by atoms with E-state index in [0.717, 1.165) is 12.4 Å². The van der Waals surface area contributed by atoms with Gasteiger partial charge in [0.1, 0.15) is 5.60 Å². The van der Waals surface area contributed by atoms with Crippen molar-refractivity contribution in [2.24, 2.45) is 10.9 Å². The van der Waals surface area contributed by atoms with E-state index >= 15 is 0 Å². The van der Waals surface area contributed by atoms with E-state index in [4.69, 9.17) is 4.74 Å². The molecule has 2 unspecified atom stereocenters. The number of guanidine groups is 1. The Morgan fingerprint density at radius 3 is 2.64 bits per heavy atom. The van der Waals surface area contributed by atoms with Crippen LogP contribution in [-0.2, 0) is 4.74 Å². The maximum atomic E-state index is 12.5. The summed E-state index contributed by atoms with van der Waals surface area (Å²) >= 11 is 0. The van der Waals surface area contributed by atoms with Crippen LogP contribution in [0.5, 0.6) is 0 Å². The molecule has 1 amide bonds. The minimum absolute atomic E-state index is 0.120. The monoisotopic (exact) mass is 405 g/mol. The second-order valence-electron chi connectivity index (χ2n) is 8.82. The number of aliphatic imine (C=N–C) groups is 1. The van der Waals surface area contributed by atoms with Gasteiger partial charge >= 0.3 is 12.3 Å². The highest BCUT2D eigenvalue weighted by Gasteiger charge is 2.37. The first-order chi connectivity index (χ1) is 13.0. The quantitative estimate of drug-likeness (QED) is 0.775. The zero-order valence-electron chi connectivity index (χ0n) is 16.8. The van der Waals surface area contributed by atoms with Crippen molar-refractivity contribution in [2.45, 2.75) is 45.0 Å². The molecular weight excluding hydrogens is 375 g/mol. The molecule has 0 saturated carbocycles. The van der Waals surface area contributed by atoms with E-state index < -0.39 is 18.3 Å². The van der Waals surface area contributed by atoms with Crippen molar-refractivity contribution in [3.63, 3.8) is 0 Å². The summed E-state index contributed by atoms with van der Waals surface area (Å²) in [7, 11) is 0. The highest BCUT2D eigenvalue weighted by molar-refractivity contribution is 5.82. The molecule has 28 heavy (non-hydrogen) atoms. The molecule has 0 bridgehead atoms. The molecule has 2 saturated heterocycles. The lowest BCUT2D eigenvalue weighted by Crippen LogP contribution is -2.57. The number of piperazine rings is 1. The summed E-state index contributed by atoms with van der Waals surface area (Å²) in [6.45, 7) is 8.66. The Kier molecular flexibility index (Phi) is 5.97. The van der Waals surface area contributed by atoms with Gasteiger partial charge in [0.15, 0.2) is 5.96 Å². The molecule has 0 aromatic heterocycles. The lowest BCUT2D eigenvalue weighted by Gasteiger charge is -2.39. The smallest absolute Gasteiger partial charge is 0.410 e. The third-order valence-corrected chi connectivity index (χ3v) is 5.18. The topological polar surface area (TPSA) is 60.4 Å². The van der Waals surface area contributed by atoms with E-state index in [0.29, 0.717) is 45.8 Å². The first kappa shape index (κ1) is 21.0. The van der Waals surface area contributed by atoms with Crippen molar-refractivity contribution in [1.82, 2.24) is 20.0 Å². The maximum absolute atomic E-state index is 12.5. The Bertz CT molecular complexity index is 605. The predicted octanol–water partition coefficient (Wildman–Crippen LogP) is 1.75. The number of fused-ring (bicyclic) bond motifs is 1. The summed E-state index contributed by atoms with van der Waals surface area (Å²) in [4.78, 5) is 22.1. The second kappa shape index (κ2) is 7.96. The normalized spacial score (nSPS) is 26.3. The molecule has 160 valence electrons. The van der Waals surface area contributed by atoms with Crippen molar-refractivity contribution < 1.29 is 22.7 Å². The average Bonchev–Trinajstić information content (AvgIpc) is 3.15. The third kappa shape index (κ3) is 5.65. The second-order valence-corrected chi connectivity index (χ2v) is 8.82. The van der Waals surface area contributed by atoms with Crippen LogP contribution < -0.4 is 5.32 Å². The molecule has 0 aromatic rings. The number of nitrogens with zero attached hydrogens (tertiary/aromatic N) is 4. The molecule has 1 N–H and O–H groups in total. The van der Waals surface area contributed by atoms with E-state index in [1.165, 1.54) is 4.90 Å². The van der Waals surface area contributed by atoms with Crippen LogP contribution in [0.25, 0.3) is 0 Å². The molecule has 3 aliphatic rings. The summed E-state index contributed by atoms with van der Waals surface area (Å²) in [5.74, 6) is 0.982. The van der Waals surface area contributed by atoms with Gasteiger partial charge in [-0.25, -0.2) is 4.79 Å². The molecule has 3 aliphatic heterocycles. The number of carbonyl (C=O) groups excluding carboxylic acids is 1. The van der Waals surface area contributed by atoms with Crippen LogP contribution >= 0.6 is 0 Å². The summed E-state index contributed by atoms with van der Waals surface area (Å²) in [6, 6.07) is 0.120. The van der Waals surface area contributed by atoms with Crippen LogP contribution in [0.15, 0.2) is 4.99 Å². The van der Waals surface area contributed by atoms with Gasteiger partial charge in [0.2, 0.25) is 0 Å². The summed E-state index contributed by atoms with van der Waals surface area (Å²) < 4.78 is 43.0. The van der Waals surface area contributed by atoms with Gasteiger partial charge in [0.05, 0.1) is 19.1 Å². The third-order valence-electron chi connectivity index (χ3n) is 5.18. The molecule has 0 aliphatic carbocycles. The predicted molar refractivity (Wildman–Crippen MR) is 99.2 cm³/mol. The van der Waals surface area contributed by atoms with E-state index in [1.54, 1.807) is 4.90 Å². The molecule has 0 aromatic carbocycles. The molecule has 10 heteroatoms. The molecule has 2 atom stereocenters. The number of rotatable bonds is 3. The largest absolute Gasteiger partial charge is 0.444 e. The fourth-order valence-electron chi connectivity index (χ4n) is 3.94. The number of ether oxygens (including phenoxy) is 1. The Morgan fingerprint density at radius 2 is 1.96 bits per heavy atom. The Labute approximate surface area is 163 Å². The van der Waals surface area contributed by atoms with E-state index in [2.05, 4.69) is 15.2 Å². The van der Waals surface area contributed by atoms with Crippen LogP contribution in [0, 0.1) is 5.92 Å². The van der Waals surface area contributed by atoms with E-state index in [9.17, 15) is 18.0 Å². The molecular formula is C18H30F3N5O2. The zero-order valence-corrected chi connectivity index (χ0v) is 16.8. The lowest BCUT2D eigenvalue weighted by atomic mass is 10.1. The van der Waals surface area contributed by atoms with E-state index in [-0.39, 0.29) is 18.1 Å². The Balaban J connectivity index is 1.42. The summed E-state index contributed by atoms with van der Waals surface area (Å²) in [5, 5.41) is 3.32. The number of likely N-dealkylation sites (tertiary alicyclic amines) is 1. The fraction of sp³-hybridized carbons (Fsp3) is 0.889. The van der Waals surface area contributed by atoms with Crippen LogP contribution in [0.3, 0.4) is 0 Å². The first-order valence-corrected chi connectivity index (χ1v) is 9.82. The maximum Gasteiger partial charge on any atom is 0.410 e. The molecule has 2 fully saturated rings. The minimum Gasteiger partial charge on any atom is -0.444 e. The number of halogens is 3. The van der Waals surface area contributed by atoms with Gasteiger partial charge in [0.25, 0.3) is 0 Å². The summed E-state index contributed by atoms with van der Waals surface area (Å²) in [6.07, 6.45) is -3.69. The first-order valence-electron chi connectivity index (χ1n) is 9.82. The highest BCUT2D eigenvalue weighted by Crippen LogP contribution is 2.23. The number of hydrogen-bond donors (Lipinski definition) is 1. The number of alkyl halides is 3. The standard InChI is InChI=1S/C18H30F3N5O2/c1-17(2,3)28-16(27)25-6-7-26-14(11-25)9-23-15(26)22-8-13-4-5-24(10-13)12-18(19,20)21/h13-14H,4-12H2,1-3H3,(H,22,23). The number of amides is 1. The van der Waals surface area contributed by atoms with Crippen LogP contribution in [0.1, 0.15) is 27.2 Å². The summed E-state index contributed by atoms with van der Waals surface area (Å²) in [5.41, 5.74) is -0.519. The van der Waals surface area contributed by atoms with Gasteiger partial charge in [-0.3, -0.25) is 9.89 Å². The highest BCUT2D eigenvalue weighted by atomic mass is 19.4. The Morgan fingerprint density at radius 1 is 1.21 bits per heavy atom. The zero-order chi connectivity index (χ0) is 20.5. The SMILES string of the molecule is CC(C)(C)OC(=O)N1CCN2C(NCC3CCN(CC(F)(F)F)C3)=NCC2C1. The van der Waals surface area contributed by atoms with Crippen LogP contribution in [0.2, 0.25) is 0 Å². The molecule has 0 spiro atoms. The molecule has 3 rings (SSSR count). The minimum atomic E-state index is -4.14. The Hall–Kier alpha value is -1.71. The number of carbonyl (C=O) groups is 1. The van der Waals surface area contributed by atoms with Crippen molar-refractivity contribution in [2.75, 3.05) is 52.4 Å². The molecule has 7 nitrogen and oxygen atoms in total. The molecule has 0 radical (unpaired) electrons. The van der Waals surface area contributed by atoms with Gasteiger partial charge in [-0.15, -0.1) is 0 Å². The van der Waals surface area contributed by atoms with Crippen molar-refractivity contribution in [3.05, 3.63) is 0 Å².